The molecule has 2 fully saturated rings. The minimum Gasteiger partial charge on any atom is -0.480 e. The number of nitrogens with two attached hydrogens (primary N) is 3. The molecule has 6 atom stereocenters. The van der Waals surface area contributed by atoms with E-state index >= 15 is 0 Å². The minimum absolute atomic E-state index is 0.00441. The third kappa shape index (κ3) is 3.30. The zero-order valence-electron chi connectivity index (χ0n) is 12.8. The summed E-state index contributed by atoms with van der Waals surface area (Å²) < 4.78 is 0. The molecule has 9 heteroatoms. The summed E-state index contributed by atoms with van der Waals surface area (Å²) in [4.78, 5) is 29.7. The molecule has 0 saturated carbocycles. The van der Waals surface area contributed by atoms with Crippen LogP contribution in [0.25, 0.3) is 0 Å². The van der Waals surface area contributed by atoms with Crippen LogP contribution >= 0.6 is 0 Å². The van der Waals surface area contributed by atoms with Gasteiger partial charge in [-0.15, -0.1) is 0 Å². The van der Waals surface area contributed by atoms with Crippen LogP contribution in [0.1, 0.15) is 20.3 Å². The molecule has 2 aliphatic heterocycles. The summed E-state index contributed by atoms with van der Waals surface area (Å²) in [5.41, 5.74) is 16.6. The van der Waals surface area contributed by atoms with Gasteiger partial charge in [-0.2, -0.15) is 0 Å². The first-order chi connectivity index (χ1) is 10.2. The van der Waals surface area contributed by atoms with Crippen molar-refractivity contribution >= 4 is 17.8 Å². The van der Waals surface area contributed by atoms with Gasteiger partial charge in [0.15, 0.2) is 5.96 Å². The number of aliphatic carboxylic acids is 1. The molecule has 2 aliphatic rings. The maximum absolute atomic E-state index is 12.1. The molecule has 2 saturated heterocycles. The van der Waals surface area contributed by atoms with E-state index in [1.807, 2.05) is 18.7 Å². The van der Waals surface area contributed by atoms with Gasteiger partial charge in [-0.3, -0.25) is 9.69 Å². The molecule has 1 unspecified atom stereocenters. The maximum Gasteiger partial charge on any atom is 0.327 e. The van der Waals surface area contributed by atoms with Gasteiger partial charge in [0.05, 0.1) is 12.1 Å². The summed E-state index contributed by atoms with van der Waals surface area (Å²) >= 11 is 0. The fourth-order valence-electron chi connectivity index (χ4n) is 2.97. The van der Waals surface area contributed by atoms with Gasteiger partial charge in [0.2, 0.25) is 5.91 Å². The number of piperidine rings is 1. The van der Waals surface area contributed by atoms with E-state index in [2.05, 4.69) is 10.3 Å². The third-order valence-electron chi connectivity index (χ3n) is 4.33. The molecule has 22 heavy (non-hydrogen) atoms. The van der Waals surface area contributed by atoms with Gasteiger partial charge in [0, 0.05) is 18.6 Å². The van der Waals surface area contributed by atoms with Crippen molar-refractivity contribution in [2.24, 2.45) is 28.1 Å². The highest BCUT2D eigenvalue weighted by Gasteiger charge is 2.56. The smallest absolute Gasteiger partial charge is 0.327 e. The van der Waals surface area contributed by atoms with Crippen molar-refractivity contribution < 1.29 is 14.7 Å². The van der Waals surface area contributed by atoms with E-state index < -0.39 is 24.0 Å². The first-order valence-corrected chi connectivity index (χ1v) is 7.35. The molecule has 124 valence electrons. The molecule has 0 aliphatic carbocycles. The topological polar surface area (TPSA) is 160 Å². The molecular formula is C13H24N6O3. The van der Waals surface area contributed by atoms with E-state index in [1.165, 1.54) is 0 Å². The van der Waals surface area contributed by atoms with Crippen molar-refractivity contribution in [3.05, 3.63) is 0 Å². The number of carbonyl (C=O) groups is 2. The van der Waals surface area contributed by atoms with Crippen molar-refractivity contribution in [3.63, 3.8) is 0 Å². The highest BCUT2D eigenvalue weighted by Crippen LogP contribution is 2.39. The fraction of sp³-hybridized carbons (Fsp3) is 0.769. The van der Waals surface area contributed by atoms with E-state index in [0.717, 1.165) is 6.54 Å². The minimum atomic E-state index is -1.08. The van der Waals surface area contributed by atoms with Crippen molar-refractivity contribution in [1.82, 2.24) is 10.2 Å². The molecule has 2 rings (SSSR count). The number of nitrogens with one attached hydrogen (secondary N) is 1. The summed E-state index contributed by atoms with van der Waals surface area (Å²) in [5, 5.41) is 12.0. The van der Waals surface area contributed by atoms with Crippen LogP contribution in [0.4, 0.5) is 0 Å². The average molecular weight is 312 g/mol. The second-order valence-electron chi connectivity index (χ2n) is 6.28. The van der Waals surface area contributed by atoms with Gasteiger partial charge >= 0.3 is 5.97 Å². The second-order valence-corrected chi connectivity index (χ2v) is 6.28. The molecule has 0 bridgehead atoms. The zero-order chi connectivity index (χ0) is 16.6. The third-order valence-corrected chi connectivity index (χ3v) is 4.33. The Bertz CT molecular complexity index is 490. The van der Waals surface area contributed by atoms with Crippen molar-refractivity contribution in [2.45, 2.75) is 50.5 Å². The first kappa shape index (κ1) is 16.5. The van der Waals surface area contributed by atoms with Crippen LogP contribution in [0.3, 0.4) is 0 Å². The summed E-state index contributed by atoms with van der Waals surface area (Å²) in [6, 6.07) is -2.03. The van der Waals surface area contributed by atoms with Gasteiger partial charge in [-0.25, -0.2) is 9.79 Å². The Labute approximate surface area is 128 Å². The van der Waals surface area contributed by atoms with Crippen LogP contribution in [0.2, 0.25) is 0 Å². The Morgan fingerprint density at radius 3 is 2.50 bits per heavy atom. The molecule has 0 spiro atoms. The quantitative estimate of drug-likeness (QED) is 0.208. The predicted octanol–water partition coefficient (Wildman–Crippen LogP) is -2.36. The van der Waals surface area contributed by atoms with Crippen LogP contribution in [-0.2, 0) is 9.59 Å². The Kier molecular flexibility index (Phi) is 4.57. The molecule has 9 nitrogen and oxygen atoms in total. The summed E-state index contributed by atoms with van der Waals surface area (Å²) in [6.07, 6.45) is 0.497. The van der Waals surface area contributed by atoms with Gasteiger partial charge in [0.25, 0.3) is 0 Å². The highest BCUT2D eigenvalue weighted by molar-refractivity contribution is 5.87. The molecule has 0 radical (unpaired) electrons. The maximum atomic E-state index is 12.1. The number of carboxylic acid groups (broad SMARTS) is 1. The van der Waals surface area contributed by atoms with Crippen LogP contribution in [-0.4, -0.2) is 64.6 Å². The van der Waals surface area contributed by atoms with E-state index in [4.69, 9.17) is 17.2 Å². The lowest BCUT2D eigenvalue weighted by Crippen LogP contribution is -2.55. The highest BCUT2D eigenvalue weighted by atomic mass is 16.4. The summed E-state index contributed by atoms with van der Waals surface area (Å²) in [6.45, 7) is 4.36. The molecule has 0 aromatic heterocycles. The lowest BCUT2D eigenvalue weighted by atomic mass is 9.99. The number of rotatable bonds is 6. The zero-order valence-corrected chi connectivity index (χ0v) is 12.8. The number of hydrogen-bond acceptors (Lipinski definition) is 5. The van der Waals surface area contributed by atoms with Gasteiger partial charge in [-0.1, -0.05) is 13.8 Å². The van der Waals surface area contributed by atoms with E-state index in [0.29, 0.717) is 6.42 Å². The normalized spacial score (nSPS) is 32.0. The Hall–Kier alpha value is -1.87. The van der Waals surface area contributed by atoms with Crippen molar-refractivity contribution in [3.8, 4) is 0 Å². The molecule has 1 amide bonds. The number of fused-ring (bicyclic) bond motifs is 1. The van der Waals surface area contributed by atoms with Gasteiger partial charge in [-0.05, 0) is 12.3 Å². The summed E-state index contributed by atoms with van der Waals surface area (Å²) in [5.74, 6) is -1.60. The summed E-state index contributed by atoms with van der Waals surface area (Å²) in [7, 11) is 0. The van der Waals surface area contributed by atoms with Gasteiger partial charge in [0.1, 0.15) is 6.04 Å². The second kappa shape index (κ2) is 6.09. The van der Waals surface area contributed by atoms with Gasteiger partial charge < -0.3 is 27.6 Å². The lowest BCUT2D eigenvalue weighted by Gasteiger charge is -2.25. The van der Waals surface area contributed by atoms with Crippen molar-refractivity contribution in [2.75, 3.05) is 6.54 Å². The number of hydrogen-bond donors (Lipinski definition) is 5. The SMILES string of the molecule is CC(C)[C@H](N)C(=O)N[C@H](C(=O)O)[C@H]1C[C@H](N=C(N)N)[C@@H]2CN12. The first-order valence-electron chi connectivity index (χ1n) is 7.35. The number of amides is 1. The molecule has 8 N–H and O–H groups in total. The molecular weight excluding hydrogens is 288 g/mol. The molecule has 0 aromatic rings. The lowest BCUT2D eigenvalue weighted by molar-refractivity contribution is -0.143. The van der Waals surface area contributed by atoms with Crippen LogP contribution in [0.5, 0.6) is 0 Å². The predicted molar refractivity (Wildman–Crippen MR) is 80.9 cm³/mol. The van der Waals surface area contributed by atoms with E-state index in [9.17, 15) is 14.7 Å². The average Bonchev–Trinajstić information content (AvgIpc) is 3.13. The molecule has 2 heterocycles. The Morgan fingerprint density at radius 2 is 2.00 bits per heavy atom. The molecule has 0 aromatic carbocycles. The van der Waals surface area contributed by atoms with Crippen molar-refractivity contribution in [1.29, 1.82) is 0 Å². The number of carboxylic acids is 1. The van der Waals surface area contributed by atoms with E-state index in [1.54, 1.807) is 0 Å². The Morgan fingerprint density at radius 1 is 1.36 bits per heavy atom. The fourth-order valence-corrected chi connectivity index (χ4v) is 2.97. The van der Waals surface area contributed by atoms with Crippen LogP contribution in [0.15, 0.2) is 4.99 Å². The number of aliphatic imine (C=N–C) groups is 1. The number of guanidine groups is 1. The standard InChI is InChI=1S/C13H24N6O3/c1-5(2)9(14)11(20)18-10(12(21)22)7-3-6(17-13(15)16)8-4-19(7)8/h5-10H,3-4,14H2,1-2H3,(H,18,20)(H,21,22)(H4,15,16,17)/t6-,7+,8-,9-,10-,19?/m0/s1. The number of carbonyl (C=O) groups excluding carboxylic acids is 1. The van der Waals surface area contributed by atoms with Crippen LogP contribution in [0, 0.1) is 5.92 Å². The van der Waals surface area contributed by atoms with E-state index in [-0.39, 0.29) is 30.0 Å². The Balaban J connectivity index is 2.06. The van der Waals surface area contributed by atoms with Crippen LogP contribution < -0.4 is 22.5 Å². The monoisotopic (exact) mass is 312 g/mol. The number of nitrogens with zero attached hydrogens (tertiary/aromatic N) is 2. The largest absolute Gasteiger partial charge is 0.480 e.